The van der Waals surface area contributed by atoms with Gasteiger partial charge in [-0.25, -0.2) is 4.39 Å². The predicted molar refractivity (Wildman–Crippen MR) is 69.8 cm³/mol. The zero-order chi connectivity index (χ0) is 14.1. The molecule has 0 bridgehead atoms. The lowest BCUT2D eigenvalue weighted by atomic mass is 10.2. The second kappa shape index (κ2) is 5.20. The van der Waals surface area contributed by atoms with E-state index in [9.17, 15) is 9.18 Å². The van der Waals surface area contributed by atoms with Crippen LogP contribution in [-0.2, 0) is 0 Å². The molecule has 5 nitrogen and oxygen atoms in total. The van der Waals surface area contributed by atoms with E-state index in [0.717, 1.165) is 12.8 Å². The molecular formula is C13H11ClFN3O2. The number of hydrogen-bond donors (Lipinski definition) is 0. The van der Waals surface area contributed by atoms with Gasteiger partial charge in [0.1, 0.15) is 5.82 Å². The van der Waals surface area contributed by atoms with Crippen LogP contribution < -0.4 is 0 Å². The Balaban J connectivity index is 1.89. The normalized spacial score (nSPS) is 14.8. The lowest BCUT2D eigenvalue weighted by Crippen LogP contribution is -2.27. The molecule has 1 aliphatic rings. The molecule has 1 aromatic heterocycles. The van der Waals surface area contributed by atoms with Gasteiger partial charge in [-0.3, -0.25) is 4.79 Å². The fraction of sp³-hybridized carbons (Fsp3) is 0.308. The summed E-state index contributed by atoms with van der Waals surface area (Å²) in [4.78, 5) is 13.7. The molecule has 2 aromatic rings. The molecule has 104 valence electrons. The molecule has 0 atom stereocenters. The number of likely N-dealkylation sites (tertiary alicyclic amines) is 1. The smallest absolute Gasteiger partial charge is 0.311 e. The first-order valence-electron chi connectivity index (χ1n) is 6.23. The van der Waals surface area contributed by atoms with Gasteiger partial charge >= 0.3 is 11.8 Å². The molecule has 0 saturated carbocycles. The summed E-state index contributed by atoms with van der Waals surface area (Å²) in [5.74, 6) is -1.02. The van der Waals surface area contributed by atoms with Crippen LogP contribution >= 0.6 is 11.6 Å². The van der Waals surface area contributed by atoms with E-state index < -0.39 is 5.82 Å². The molecule has 1 saturated heterocycles. The summed E-state index contributed by atoms with van der Waals surface area (Å²) < 4.78 is 19.0. The Kier molecular flexibility index (Phi) is 3.40. The van der Waals surface area contributed by atoms with Crippen molar-refractivity contribution in [3.8, 4) is 11.5 Å². The molecule has 7 heteroatoms. The molecule has 0 aliphatic carbocycles. The molecule has 1 aliphatic heterocycles. The van der Waals surface area contributed by atoms with Crippen molar-refractivity contribution in [3.63, 3.8) is 0 Å². The van der Waals surface area contributed by atoms with Crippen molar-refractivity contribution in [1.82, 2.24) is 15.1 Å². The van der Waals surface area contributed by atoms with Gasteiger partial charge < -0.3 is 9.32 Å². The Labute approximate surface area is 119 Å². The molecule has 2 heterocycles. The van der Waals surface area contributed by atoms with Gasteiger partial charge in [0.2, 0.25) is 0 Å². The second-order valence-electron chi connectivity index (χ2n) is 4.54. The Morgan fingerprint density at radius 3 is 2.80 bits per heavy atom. The summed E-state index contributed by atoms with van der Waals surface area (Å²) >= 11 is 5.81. The van der Waals surface area contributed by atoms with Crippen molar-refractivity contribution in [3.05, 3.63) is 34.9 Å². The van der Waals surface area contributed by atoms with Crippen molar-refractivity contribution >= 4 is 17.5 Å². The van der Waals surface area contributed by atoms with E-state index in [1.165, 1.54) is 18.2 Å². The first kappa shape index (κ1) is 13.1. The molecule has 3 rings (SSSR count). The van der Waals surface area contributed by atoms with Crippen LogP contribution in [0.4, 0.5) is 4.39 Å². The molecule has 0 N–H and O–H groups in total. The Bertz CT molecular complexity index is 653. The highest BCUT2D eigenvalue weighted by Crippen LogP contribution is 2.25. The third-order valence-electron chi connectivity index (χ3n) is 3.16. The van der Waals surface area contributed by atoms with Gasteiger partial charge in [0, 0.05) is 18.1 Å². The number of nitrogens with zero attached hydrogens (tertiary/aromatic N) is 3. The molecule has 0 spiro atoms. The van der Waals surface area contributed by atoms with Gasteiger partial charge in [-0.2, -0.15) is 0 Å². The number of halogens is 2. The summed E-state index contributed by atoms with van der Waals surface area (Å²) in [7, 11) is 0. The van der Waals surface area contributed by atoms with Gasteiger partial charge in [-0.15, -0.1) is 10.2 Å². The Hall–Kier alpha value is -1.95. The largest absolute Gasteiger partial charge is 0.412 e. The van der Waals surface area contributed by atoms with E-state index in [1.54, 1.807) is 4.90 Å². The fourth-order valence-electron chi connectivity index (χ4n) is 2.14. The molecule has 1 amide bonds. The van der Waals surface area contributed by atoms with Crippen molar-refractivity contribution in [2.45, 2.75) is 12.8 Å². The van der Waals surface area contributed by atoms with Crippen molar-refractivity contribution < 1.29 is 13.6 Å². The highest BCUT2D eigenvalue weighted by molar-refractivity contribution is 6.30. The van der Waals surface area contributed by atoms with Crippen LogP contribution in [0.1, 0.15) is 23.5 Å². The number of aromatic nitrogens is 2. The minimum absolute atomic E-state index is 0.0486. The highest BCUT2D eigenvalue weighted by atomic mass is 35.5. The highest BCUT2D eigenvalue weighted by Gasteiger charge is 2.25. The van der Waals surface area contributed by atoms with Gasteiger partial charge in [-0.1, -0.05) is 11.6 Å². The molecule has 0 unspecified atom stereocenters. The van der Waals surface area contributed by atoms with E-state index in [4.69, 9.17) is 16.0 Å². The maximum absolute atomic E-state index is 13.7. The van der Waals surface area contributed by atoms with Crippen molar-refractivity contribution in [1.29, 1.82) is 0 Å². The summed E-state index contributed by atoms with van der Waals surface area (Å²) in [6.45, 7) is 1.37. The van der Waals surface area contributed by atoms with Gasteiger partial charge in [-0.05, 0) is 31.0 Å². The van der Waals surface area contributed by atoms with Crippen molar-refractivity contribution in [2.75, 3.05) is 13.1 Å². The summed E-state index contributed by atoms with van der Waals surface area (Å²) in [6, 6.07) is 4.02. The van der Waals surface area contributed by atoms with E-state index in [1.807, 2.05) is 0 Å². The summed E-state index contributed by atoms with van der Waals surface area (Å²) in [5.41, 5.74) is 0.0884. The molecule has 0 radical (unpaired) electrons. The van der Waals surface area contributed by atoms with Crippen LogP contribution in [0.3, 0.4) is 0 Å². The van der Waals surface area contributed by atoms with Crippen LogP contribution in [0.15, 0.2) is 22.6 Å². The number of rotatable bonds is 2. The van der Waals surface area contributed by atoms with Gasteiger partial charge in [0.05, 0.1) is 5.56 Å². The Morgan fingerprint density at radius 1 is 1.30 bits per heavy atom. The monoisotopic (exact) mass is 295 g/mol. The fourth-order valence-corrected chi connectivity index (χ4v) is 2.31. The number of carbonyl (C=O) groups is 1. The van der Waals surface area contributed by atoms with E-state index in [0.29, 0.717) is 18.1 Å². The van der Waals surface area contributed by atoms with Crippen LogP contribution in [0.25, 0.3) is 11.5 Å². The molecule has 1 fully saturated rings. The SMILES string of the molecule is O=C(c1nnc(-c2cc(Cl)ccc2F)o1)N1CCCC1. The molecule has 20 heavy (non-hydrogen) atoms. The third kappa shape index (κ3) is 2.38. The zero-order valence-electron chi connectivity index (χ0n) is 10.5. The lowest BCUT2D eigenvalue weighted by Gasteiger charge is -2.11. The minimum atomic E-state index is -0.529. The first-order valence-corrected chi connectivity index (χ1v) is 6.61. The second-order valence-corrected chi connectivity index (χ2v) is 4.97. The standard InChI is InChI=1S/C13H11ClFN3O2/c14-8-3-4-10(15)9(7-8)11-16-17-12(20-11)13(19)18-5-1-2-6-18/h3-4,7H,1-2,5-6H2. The molecular weight excluding hydrogens is 285 g/mol. The third-order valence-corrected chi connectivity index (χ3v) is 3.40. The van der Waals surface area contributed by atoms with Crippen molar-refractivity contribution in [2.24, 2.45) is 0 Å². The number of hydrogen-bond acceptors (Lipinski definition) is 4. The minimum Gasteiger partial charge on any atom is -0.412 e. The van der Waals surface area contributed by atoms with E-state index in [-0.39, 0.29) is 23.3 Å². The van der Waals surface area contributed by atoms with E-state index in [2.05, 4.69) is 10.2 Å². The summed E-state index contributed by atoms with van der Waals surface area (Å²) in [5, 5.41) is 7.76. The van der Waals surface area contributed by atoms with Crippen LogP contribution in [0.2, 0.25) is 5.02 Å². The van der Waals surface area contributed by atoms with Gasteiger partial charge in [0.15, 0.2) is 0 Å². The predicted octanol–water partition coefficient (Wildman–Crippen LogP) is 2.77. The Morgan fingerprint density at radius 2 is 2.05 bits per heavy atom. The zero-order valence-corrected chi connectivity index (χ0v) is 11.2. The first-order chi connectivity index (χ1) is 9.65. The van der Waals surface area contributed by atoms with Crippen LogP contribution in [-0.4, -0.2) is 34.1 Å². The maximum atomic E-state index is 13.7. The van der Waals surface area contributed by atoms with Gasteiger partial charge in [0.25, 0.3) is 5.89 Å². The topological polar surface area (TPSA) is 59.2 Å². The van der Waals surface area contributed by atoms with Crippen LogP contribution in [0, 0.1) is 5.82 Å². The van der Waals surface area contributed by atoms with E-state index >= 15 is 0 Å². The average Bonchev–Trinajstić information content (AvgIpc) is 3.11. The number of carbonyl (C=O) groups excluding carboxylic acids is 1. The quantitative estimate of drug-likeness (QED) is 0.855. The number of benzene rings is 1. The average molecular weight is 296 g/mol. The molecule has 1 aromatic carbocycles. The lowest BCUT2D eigenvalue weighted by molar-refractivity contribution is 0.0754. The number of amides is 1. The summed E-state index contributed by atoms with van der Waals surface area (Å²) in [6.07, 6.45) is 1.94. The maximum Gasteiger partial charge on any atom is 0.311 e. The van der Waals surface area contributed by atoms with Crippen LogP contribution in [0.5, 0.6) is 0 Å².